The Balaban J connectivity index is 2.37. The van der Waals surface area contributed by atoms with Crippen LogP contribution in [0.2, 0.25) is 0 Å². The number of nitriles is 1. The molecule has 0 bridgehead atoms. The average molecular weight is 217 g/mol. The summed E-state index contributed by atoms with van der Waals surface area (Å²) in [5.41, 5.74) is 1.21. The van der Waals surface area contributed by atoms with Gasteiger partial charge in [-0.1, -0.05) is 0 Å². The van der Waals surface area contributed by atoms with Gasteiger partial charge in [0.25, 0.3) is 0 Å². The van der Waals surface area contributed by atoms with E-state index in [1.54, 1.807) is 24.5 Å². The van der Waals surface area contributed by atoms with Crippen molar-refractivity contribution in [1.82, 2.24) is 9.97 Å². The Kier molecular flexibility index (Phi) is 2.86. The standard InChI is InChI=1S/C11H11N3O2/c12-4-3-9(15)10(16)8-6-14-11-7(8)2-1-5-13-11/h1-2,5-6,9-10,15-16H,3H2,(H,13,14). The Morgan fingerprint density at radius 1 is 1.50 bits per heavy atom. The Morgan fingerprint density at radius 2 is 2.31 bits per heavy atom. The van der Waals surface area contributed by atoms with Gasteiger partial charge in [-0.25, -0.2) is 4.98 Å². The number of aliphatic hydroxyl groups is 2. The van der Waals surface area contributed by atoms with Crippen molar-refractivity contribution in [2.75, 3.05) is 0 Å². The number of hydrogen-bond acceptors (Lipinski definition) is 4. The van der Waals surface area contributed by atoms with E-state index in [1.165, 1.54) is 0 Å². The number of pyridine rings is 1. The Labute approximate surface area is 92.0 Å². The summed E-state index contributed by atoms with van der Waals surface area (Å²) in [4.78, 5) is 6.98. The molecule has 2 rings (SSSR count). The maximum atomic E-state index is 9.86. The maximum absolute atomic E-state index is 9.86. The van der Waals surface area contributed by atoms with Gasteiger partial charge in [-0.3, -0.25) is 0 Å². The fourth-order valence-electron chi connectivity index (χ4n) is 1.63. The van der Waals surface area contributed by atoms with E-state index in [9.17, 15) is 10.2 Å². The molecule has 5 heteroatoms. The lowest BCUT2D eigenvalue weighted by Crippen LogP contribution is -2.17. The topological polar surface area (TPSA) is 92.9 Å². The summed E-state index contributed by atoms with van der Waals surface area (Å²) in [6.45, 7) is 0. The molecule has 2 heterocycles. The third-order valence-corrected chi connectivity index (χ3v) is 2.47. The molecule has 0 aliphatic heterocycles. The van der Waals surface area contributed by atoms with Gasteiger partial charge >= 0.3 is 0 Å². The van der Waals surface area contributed by atoms with Crippen LogP contribution in [-0.2, 0) is 0 Å². The minimum Gasteiger partial charge on any atom is -0.389 e. The second kappa shape index (κ2) is 4.31. The molecule has 0 spiro atoms. The first-order chi connectivity index (χ1) is 7.74. The smallest absolute Gasteiger partial charge is 0.137 e. The van der Waals surface area contributed by atoms with Crippen LogP contribution in [0.3, 0.4) is 0 Å². The summed E-state index contributed by atoms with van der Waals surface area (Å²) in [6, 6.07) is 5.38. The lowest BCUT2D eigenvalue weighted by Gasteiger charge is -2.14. The van der Waals surface area contributed by atoms with Crippen LogP contribution < -0.4 is 0 Å². The molecule has 5 nitrogen and oxygen atoms in total. The van der Waals surface area contributed by atoms with Crippen LogP contribution in [-0.4, -0.2) is 26.3 Å². The average Bonchev–Trinajstić information content (AvgIpc) is 2.72. The van der Waals surface area contributed by atoms with Crippen molar-refractivity contribution in [3.63, 3.8) is 0 Å². The SMILES string of the molecule is N#CCC(O)C(O)c1c[nH]c2ncccc12. The molecule has 0 aromatic carbocycles. The zero-order valence-corrected chi connectivity index (χ0v) is 8.46. The van der Waals surface area contributed by atoms with E-state index < -0.39 is 12.2 Å². The van der Waals surface area contributed by atoms with Gasteiger partial charge in [0.15, 0.2) is 0 Å². The highest BCUT2D eigenvalue weighted by atomic mass is 16.3. The van der Waals surface area contributed by atoms with Gasteiger partial charge in [0, 0.05) is 23.3 Å². The molecule has 0 radical (unpaired) electrons. The van der Waals surface area contributed by atoms with Crippen molar-refractivity contribution in [2.24, 2.45) is 0 Å². The van der Waals surface area contributed by atoms with Gasteiger partial charge in [0.05, 0.1) is 18.6 Å². The molecule has 2 aromatic rings. The summed E-state index contributed by atoms with van der Waals surface area (Å²) in [5.74, 6) is 0. The number of H-pyrrole nitrogens is 1. The molecule has 3 N–H and O–H groups in total. The molecule has 0 aliphatic carbocycles. The largest absolute Gasteiger partial charge is 0.389 e. The number of rotatable bonds is 3. The quantitative estimate of drug-likeness (QED) is 0.711. The van der Waals surface area contributed by atoms with Crippen molar-refractivity contribution >= 4 is 11.0 Å². The van der Waals surface area contributed by atoms with Gasteiger partial charge in [0.1, 0.15) is 11.8 Å². The van der Waals surface area contributed by atoms with Crippen LogP contribution in [0.5, 0.6) is 0 Å². The van der Waals surface area contributed by atoms with E-state index in [-0.39, 0.29) is 6.42 Å². The number of aromatic nitrogens is 2. The van der Waals surface area contributed by atoms with Crippen LogP contribution in [0.1, 0.15) is 18.1 Å². The highest BCUT2D eigenvalue weighted by Gasteiger charge is 2.21. The molecule has 0 saturated heterocycles. The zero-order chi connectivity index (χ0) is 11.5. The van der Waals surface area contributed by atoms with E-state index in [0.717, 1.165) is 5.39 Å². The predicted molar refractivity (Wildman–Crippen MR) is 57.3 cm³/mol. The first kappa shape index (κ1) is 10.6. The monoisotopic (exact) mass is 217 g/mol. The summed E-state index contributed by atoms with van der Waals surface area (Å²) in [5, 5.41) is 28.6. The van der Waals surface area contributed by atoms with Gasteiger partial charge < -0.3 is 15.2 Å². The van der Waals surface area contributed by atoms with E-state index in [0.29, 0.717) is 11.2 Å². The van der Waals surface area contributed by atoms with Crippen molar-refractivity contribution in [3.8, 4) is 6.07 Å². The summed E-state index contributed by atoms with van der Waals surface area (Å²) >= 11 is 0. The maximum Gasteiger partial charge on any atom is 0.137 e. The first-order valence-electron chi connectivity index (χ1n) is 4.89. The number of nitrogens with zero attached hydrogens (tertiary/aromatic N) is 2. The highest BCUT2D eigenvalue weighted by molar-refractivity contribution is 5.79. The summed E-state index contributed by atoms with van der Waals surface area (Å²) in [6.07, 6.45) is 0.986. The van der Waals surface area contributed by atoms with Crippen molar-refractivity contribution in [2.45, 2.75) is 18.6 Å². The number of nitrogens with one attached hydrogen (secondary N) is 1. The Hall–Kier alpha value is -1.90. The molecular formula is C11H11N3O2. The molecule has 16 heavy (non-hydrogen) atoms. The molecule has 2 aromatic heterocycles. The van der Waals surface area contributed by atoms with E-state index in [2.05, 4.69) is 9.97 Å². The fraction of sp³-hybridized carbons (Fsp3) is 0.273. The van der Waals surface area contributed by atoms with Gasteiger partial charge in [-0.05, 0) is 12.1 Å². The molecule has 82 valence electrons. The van der Waals surface area contributed by atoms with Gasteiger partial charge in [-0.2, -0.15) is 5.26 Å². The molecule has 0 aliphatic rings. The van der Waals surface area contributed by atoms with E-state index >= 15 is 0 Å². The molecular weight excluding hydrogens is 206 g/mol. The fourth-order valence-corrected chi connectivity index (χ4v) is 1.63. The minimum atomic E-state index is -1.08. The predicted octanol–water partition coefficient (Wildman–Crippen LogP) is 0.871. The molecule has 0 saturated carbocycles. The third-order valence-electron chi connectivity index (χ3n) is 2.47. The van der Waals surface area contributed by atoms with Crippen LogP contribution in [0, 0.1) is 11.3 Å². The molecule has 0 fully saturated rings. The number of aliphatic hydroxyl groups excluding tert-OH is 2. The second-order valence-electron chi connectivity index (χ2n) is 3.52. The molecule has 2 atom stereocenters. The van der Waals surface area contributed by atoms with E-state index in [1.807, 2.05) is 6.07 Å². The summed E-state index contributed by atoms with van der Waals surface area (Å²) < 4.78 is 0. The number of hydrogen-bond donors (Lipinski definition) is 3. The van der Waals surface area contributed by atoms with E-state index in [4.69, 9.17) is 5.26 Å². The highest BCUT2D eigenvalue weighted by Crippen LogP contribution is 2.25. The van der Waals surface area contributed by atoms with Crippen molar-refractivity contribution in [1.29, 1.82) is 5.26 Å². The number of aromatic amines is 1. The lowest BCUT2D eigenvalue weighted by atomic mass is 10.0. The van der Waals surface area contributed by atoms with Crippen LogP contribution >= 0.6 is 0 Å². The first-order valence-corrected chi connectivity index (χ1v) is 4.89. The minimum absolute atomic E-state index is 0.103. The molecule has 0 amide bonds. The third kappa shape index (κ3) is 1.76. The Morgan fingerprint density at radius 3 is 3.06 bits per heavy atom. The van der Waals surface area contributed by atoms with Crippen LogP contribution in [0.4, 0.5) is 0 Å². The number of fused-ring (bicyclic) bond motifs is 1. The zero-order valence-electron chi connectivity index (χ0n) is 8.46. The van der Waals surface area contributed by atoms with Crippen LogP contribution in [0.15, 0.2) is 24.5 Å². The van der Waals surface area contributed by atoms with Gasteiger partial charge in [0.2, 0.25) is 0 Å². The normalized spacial score (nSPS) is 14.6. The van der Waals surface area contributed by atoms with Crippen molar-refractivity contribution in [3.05, 3.63) is 30.1 Å². The second-order valence-corrected chi connectivity index (χ2v) is 3.52. The molecule has 2 unspecified atom stereocenters. The van der Waals surface area contributed by atoms with Crippen LogP contribution in [0.25, 0.3) is 11.0 Å². The Bertz CT molecular complexity index is 529. The van der Waals surface area contributed by atoms with Gasteiger partial charge in [-0.15, -0.1) is 0 Å². The summed E-state index contributed by atoms with van der Waals surface area (Å²) in [7, 11) is 0. The van der Waals surface area contributed by atoms with Crippen molar-refractivity contribution < 1.29 is 10.2 Å². The lowest BCUT2D eigenvalue weighted by molar-refractivity contribution is 0.0225.